The fraction of sp³-hybridized carbons (Fsp3) is 0. The first-order valence-corrected chi connectivity index (χ1v) is 6.08. The van der Waals surface area contributed by atoms with Gasteiger partial charge < -0.3 is 5.32 Å². The van der Waals surface area contributed by atoms with E-state index < -0.39 is 5.82 Å². The van der Waals surface area contributed by atoms with E-state index in [1.807, 2.05) is 36.4 Å². The van der Waals surface area contributed by atoms with Gasteiger partial charge in [0.2, 0.25) is 0 Å². The van der Waals surface area contributed by atoms with Crippen molar-refractivity contribution in [1.82, 2.24) is 4.98 Å². The van der Waals surface area contributed by atoms with Crippen LogP contribution >= 0.6 is 0 Å². The molecule has 1 heterocycles. The van der Waals surface area contributed by atoms with Crippen molar-refractivity contribution in [2.24, 2.45) is 0 Å². The molecule has 2 aromatic carbocycles. The molecule has 3 rings (SSSR count). The van der Waals surface area contributed by atoms with Crippen molar-refractivity contribution < 1.29 is 4.39 Å². The van der Waals surface area contributed by atoms with Crippen LogP contribution in [0.1, 0.15) is 5.56 Å². The van der Waals surface area contributed by atoms with Crippen molar-refractivity contribution in [2.75, 3.05) is 5.32 Å². The van der Waals surface area contributed by atoms with Gasteiger partial charge >= 0.3 is 0 Å². The summed E-state index contributed by atoms with van der Waals surface area (Å²) in [6.45, 7) is 0. The van der Waals surface area contributed by atoms with Crippen LogP contribution in [0.3, 0.4) is 0 Å². The molecule has 96 valence electrons. The van der Waals surface area contributed by atoms with E-state index in [1.54, 1.807) is 18.3 Å². The predicted molar refractivity (Wildman–Crippen MR) is 76.1 cm³/mol. The molecule has 0 amide bonds. The quantitative estimate of drug-likeness (QED) is 0.760. The Morgan fingerprint density at radius 1 is 1.05 bits per heavy atom. The van der Waals surface area contributed by atoms with Crippen LogP contribution in [0.5, 0.6) is 0 Å². The summed E-state index contributed by atoms with van der Waals surface area (Å²) >= 11 is 0. The van der Waals surface area contributed by atoms with Gasteiger partial charge in [0, 0.05) is 17.3 Å². The second-order valence-electron chi connectivity index (χ2n) is 4.31. The van der Waals surface area contributed by atoms with Crippen molar-refractivity contribution in [1.29, 1.82) is 5.26 Å². The summed E-state index contributed by atoms with van der Waals surface area (Å²) in [5, 5.41) is 12.7. The Bertz CT molecular complexity index is 816. The Kier molecular flexibility index (Phi) is 3.02. The van der Waals surface area contributed by atoms with Crippen LogP contribution in [-0.2, 0) is 0 Å². The lowest BCUT2D eigenvalue weighted by Gasteiger charge is -2.10. The highest BCUT2D eigenvalue weighted by Gasteiger charge is 2.06. The van der Waals surface area contributed by atoms with E-state index in [9.17, 15) is 4.39 Å². The molecular weight excluding hydrogens is 253 g/mol. The fourth-order valence-electron chi connectivity index (χ4n) is 2.04. The van der Waals surface area contributed by atoms with Crippen LogP contribution in [-0.4, -0.2) is 4.98 Å². The van der Waals surface area contributed by atoms with E-state index in [4.69, 9.17) is 5.26 Å². The van der Waals surface area contributed by atoms with Gasteiger partial charge in [0.15, 0.2) is 0 Å². The summed E-state index contributed by atoms with van der Waals surface area (Å²) in [7, 11) is 0. The van der Waals surface area contributed by atoms with E-state index in [0.29, 0.717) is 11.3 Å². The van der Waals surface area contributed by atoms with Crippen molar-refractivity contribution in [3.8, 4) is 6.07 Å². The van der Waals surface area contributed by atoms with Crippen LogP contribution < -0.4 is 5.32 Å². The number of benzene rings is 2. The lowest BCUT2D eigenvalue weighted by atomic mass is 10.1. The monoisotopic (exact) mass is 263 g/mol. The third-order valence-electron chi connectivity index (χ3n) is 3.01. The first-order valence-electron chi connectivity index (χ1n) is 6.08. The zero-order valence-electron chi connectivity index (χ0n) is 10.5. The molecule has 0 saturated heterocycles. The number of halogens is 1. The molecule has 0 aliphatic carbocycles. The molecule has 0 spiro atoms. The van der Waals surface area contributed by atoms with Crippen LogP contribution in [0.4, 0.5) is 15.8 Å². The van der Waals surface area contributed by atoms with Gasteiger partial charge in [-0.15, -0.1) is 0 Å². The number of rotatable bonds is 2. The Balaban J connectivity index is 2.04. The zero-order valence-corrected chi connectivity index (χ0v) is 10.5. The minimum atomic E-state index is -0.454. The van der Waals surface area contributed by atoms with Gasteiger partial charge in [0.05, 0.1) is 22.8 Å². The lowest BCUT2D eigenvalue weighted by molar-refractivity contribution is 0.631. The van der Waals surface area contributed by atoms with E-state index in [-0.39, 0.29) is 0 Å². The van der Waals surface area contributed by atoms with Crippen molar-refractivity contribution in [2.45, 2.75) is 0 Å². The third kappa shape index (κ3) is 2.17. The van der Waals surface area contributed by atoms with E-state index in [0.717, 1.165) is 16.6 Å². The number of anilines is 2. The maximum absolute atomic E-state index is 13.9. The first-order chi connectivity index (χ1) is 9.78. The maximum Gasteiger partial charge on any atom is 0.147 e. The smallest absolute Gasteiger partial charge is 0.147 e. The molecule has 0 aliphatic heterocycles. The topological polar surface area (TPSA) is 48.7 Å². The lowest BCUT2D eigenvalue weighted by Crippen LogP contribution is -1.95. The molecule has 0 bridgehead atoms. The summed E-state index contributed by atoms with van der Waals surface area (Å²) in [5.41, 5.74) is 2.25. The minimum Gasteiger partial charge on any atom is -0.353 e. The minimum absolute atomic E-state index is 0.299. The Morgan fingerprint density at radius 2 is 1.95 bits per heavy atom. The van der Waals surface area contributed by atoms with Gasteiger partial charge in [-0.05, 0) is 42.5 Å². The van der Waals surface area contributed by atoms with Gasteiger partial charge in [-0.2, -0.15) is 5.26 Å². The molecule has 0 radical (unpaired) electrons. The summed E-state index contributed by atoms with van der Waals surface area (Å²) < 4.78 is 13.9. The molecule has 0 fully saturated rings. The second-order valence-corrected chi connectivity index (χ2v) is 4.31. The molecule has 1 aromatic heterocycles. The summed E-state index contributed by atoms with van der Waals surface area (Å²) in [4.78, 5) is 4.26. The second kappa shape index (κ2) is 4.98. The van der Waals surface area contributed by atoms with Crippen LogP contribution in [0.15, 0.2) is 54.7 Å². The molecule has 3 aromatic rings. The van der Waals surface area contributed by atoms with Gasteiger partial charge in [-0.3, -0.25) is 4.98 Å². The number of nitrogens with zero attached hydrogens (tertiary/aromatic N) is 2. The third-order valence-corrected chi connectivity index (χ3v) is 3.01. The molecule has 0 saturated carbocycles. The average Bonchev–Trinajstić information content (AvgIpc) is 2.49. The highest BCUT2D eigenvalue weighted by molar-refractivity contribution is 5.92. The number of hydrogen-bond donors (Lipinski definition) is 1. The molecule has 20 heavy (non-hydrogen) atoms. The standard InChI is InChI=1S/C16H10FN3/c17-13-9-11(10-18)6-7-16(13)20-15-5-1-4-14-12(15)3-2-8-19-14/h1-9,20H. The van der Waals surface area contributed by atoms with Crippen molar-refractivity contribution >= 4 is 22.3 Å². The zero-order chi connectivity index (χ0) is 13.9. The molecule has 3 nitrogen and oxygen atoms in total. The van der Waals surface area contributed by atoms with Crippen LogP contribution in [0.25, 0.3) is 10.9 Å². The van der Waals surface area contributed by atoms with Crippen molar-refractivity contribution in [3.05, 3.63) is 66.1 Å². The average molecular weight is 263 g/mol. The number of nitriles is 1. The van der Waals surface area contributed by atoms with Crippen LogP contribution in [0.2, 0.25) is 0 Å². The molecule has 4 heteroatoms. The van der Waals surface area contributed by atoms with Gasteiger partial charge in [0.1, 0.15) is 5.82 Å². The summed E-state index contributed by atoms with van der Waals surface area (Å²) in [6.07, 6.45) is 1.72. The fourth-order valence-corrected chi connectivity index (χ4v) is 2.04. The van der Waals surface area contributed by atoms with Gasteiger partial charge in [-0.25, -0.2) is 4.39 Å². The van der Waals surface area contributed by atoms with Gasteiger partial charge in [0.25, 0.3) is 0 Å². The number of nitrogens with one attached hydrogen (secondary N) is 1. The SMILES string of the molecule is N#Cc1ccc(Nc2cccc3ncccc23)c(F)c1. The van der Waals surface area contributed by atoms with Gasteiger partial charge in [-0.1, -0.05) is 6.07 Å². The first kappa shape index (κ1) is 12.1. The highest BCUT2D eigenvalue weighted by Crippen LogP contribution is 2.26. The summed E-state index contributed by atoms with van der Waals surface area (Å²) in [5.74, 6) is -0.454. The number of aromatic nitrogens is 1. The normalized spacial score (nSPS) is 10.2. The number of fused-ring (bicyclic) bond motifs is 1. The Labute approximate surface area is 115 Å². The van der Waals surface area contributed by atoms with Crippen LogP contribution in [0, 0.1) is 17.1 Å². The van der Waals surface area contributed by atoms with Crippen molar-refractivity contribution in [3.63, 3.8) is 0 Å². The molecule has 1 N–H and O–H groups in total. The highest BCUT2D eigenvalue weighted by atomic mass is 19.1. The number of pyridine rings is 1. The largest absolute Gasteiger partial charge is 0.353 e. The molecule has 0 atom stereocenters. The number of hydrogen-bond acceptors (Lipinski definition) is 3. The molecular formula is C16H10FN3. The molecule has 0 unspecified atom stereocenters. The predicted octanol–water partition coefficient (Wildman–Crippen LogP) is 3.99. The van der Waals surface area contributed by atoms with E-state index in [2.05, 4.69) is 10.3 Å². The Morgan fingerprint density at radius 3 is 2.75 bits per heavy atom. The van der Waals surface area contributed by atoms with E-state index in [1.165, 1.54) is 6.07 Å². The Hall–Kier alpha value is -2.93. The maximum atomic E-state index is 13.9. The molecule has 0 aliphatic rings. The van der Waals surface area contributed by atoms with E-state index >= 15 is 0 Å². The summed E-state index contributed by atoms with van der Waals surface area (Å²) in [6, 6.07) is 15.6.